The fraction of sp³-hybridized carbons (Fsp3) is 0. The third-order valence-corrected chi connectivity index (χ3v) is 5.16. The third-order valence-electron chi connectivity index (χ3n) is 5.16. The fourth-order valence-electron chi connectivity index (χ4n) is 4.06. The number of pyridine rings is 1. The van der Waals surface area contributed by atoms with E-state index in [1.165, 1.54) is 0 Å². The molecule has 0 aliphatic rings. The van der Waals surface area contributed by atoms with Gasteiger partial charge in [0.1, 0.15) is 11.3 Å². The molecule has 6 aromatic rings. The van der Waals surface area contributed by atoms with Crippen molar-refractivity contribution in [2.75, 3.05) is 0 Å². The highest BCUT2D eigenvalue weighted by atomic mass is 16.3. The van der Waals surface area contributed by atoms with E-state index in [0.29, 0.717) is 5.39 Å². The van der Waals surface area contributed by atoms with Crippen LogP contribution in [0.15, 0.2) is 88.1 Å². The Labute approximate surface area is 148 Å². The quantitative estimate of drug-likeness (QED) is 0.400. The van der Waals surface area contributed by atoms with Crippen molar-refractivity contribution in [3.8, 4) is 11.3 Å². The van der Waals surface area contributed by atoms with Crippen molar-refractivity contribution in [1.29, 1.82) is 0 Å². The Balaban J connectivity index is 2.00. The Morgan fingerprint density at radius 2 is 1.35 bits per heavy atom. The topological polar surface area (TPSA) is 34.6 Å². The lowest BCUT2D eigenvalue weighted by atomic mass is 10.1. The van der Waals surface area contributed by atoms with Crippen LogP contribution in [0.4, 0.5) is 0 Å². The zero-order valence-corrected chi connectivity index (χ0v) is 13.8. The molecule has 3 nitrogen and oxygen atoms in total. The van der Waals surface area contributed by atoms with E-state index in [1.54, 1.807) is 4.40 Å². The third kappa shape index (κ3) is 1.55. The Bertz CT molecular complexity index is 1490. The van der Waals surface area contributed by atoms with Gasteiger partial charge in [-0.05, 0) is 12.1 Å². The lowest BCUT2D eigenvalue weighted by Crippen LogP contribution is -2.12. The SMILES string of the molecule is O=c1c2ccccc2c2oc(-c3ccccc3)c3c4ccccc4n1c23. The molecule has 3 heteroatoms. The van der Waals surface area contributed by atoms with Crippen molar-refractivity contribution in [1.82, 2.24) is 4.40 Å². The van der Waals surface area contributed by atoms with Crippen LogP contribution in [-0.4, -0.2) is 4.40 Å². The first kappa shape index (κ1) is 13.7. The van der Waals surface area contributed by atoms with Crippen LogP contribution in [0.25, 0.3) is 49.5 Å². The van der Waals surface area contributed by atoms with Gasteiger partial charge in [-0.1, -0.05) is 66.7 Å². The number of hydrogen-bond donors (Lipinski definition) is 0. The minimum atomic E-state index is -0.000267. The number of para-hydroxylation sites is 1. The molecule has 3 heterocycles. The average Bonchev–Trinajstić information content (AvgIpc) is 3.25. The van der Waals surface area contributed by atoms with Crippen LogP contribution in [0.3, 0.4) is 0 Å². The van der Waals surface area contributed by atoms with E-state index in [0.717, 1.165) is 44.1 Å². The van der Waals surface area contributed by atoms with Crippen LogP contribution >= 0.6 is 0 Å². The monoisotopic (exact) mass is 335 g/mol. The van der Waals surface area contributed by atoms with Gasteiger partial charge in [0.25, 0.3) is 5.56 Å². The number of fused-ring (bicyclic) bond motifs is 5. The maximum absolute atomic E-state index is 13.2. The van der Waals surface area contributed by atoms with E-state index in [2.05, 4.69) is 6.07 Å². The second-order valence-corrected chi connectivity index (χ2v) is 6.55. The fourth-order valence-corrected chi connectivity index (χ4v) is 4.06. The maximum atomic E-state index is 13.2. The normalized spacial score (nSPS) is 12.0. The van der Waals surface area contributed by atoms with Gasteiger partial charge in [0, 0.05) is 16.3 Å². The van der Waals surface area contributed by atoms with Crippen LogP contribution in [0.1, 0.15) is 0 Å². The van der Waals surface area contributed by atoms with Crippen molar-refractivity contribution in [2.45, 2.75) is 0 Å². The number of benzene rings is 3. The molecule has 0 atom stereocenters. The van der Waals surface area contributed by atoms with Gasteiger partial charge in [0.2, 0.25) is 0 Å². The Kier molecular flexibility index (Phi) is 2.49. The van der Waals surface area contributed by atoms with Gasteiger partial charge in [-0.3, -0.25) is 9.20 Å². The number of hydrogen-bond acceptors (Lipinski definition) is 2. The predicted molar refractivity (Wildman–Crippen MR) is 105 cm³/mol. The molecule has 3 aromatic heterocycles. The zero-order chi connectivity index (χ0) is 17.3. The molecule has 0 saturated heterocycles. The first-order valence-electron chi connectivity index (χ1n) is 8.60. The van der Waals surface area contributed by atoms with Crippen molar-refractivity contribution >= 4 is 38.2 Å². The van der Waals surface area contributed by atoms with E-state index in [-0.39, 0.29) is 5.56 Å². The summed E-state index contributed by atoms with van der Waals surface area (Å²) in [5.74, 6) is 0.815. The molecule has 0 N–H and O–H groups in total. The van der Waals surface area contributed by atoms with E-state index in [9.17, 15) is 4.79 Å². The molecule has 0 radical (unpaired) electrons. The first-order valence-corrected chi connectivity index (χ1v) is 8.60. The van der Waals surface area contributed by atoms with Crippen LogP contribution < -0.4 is 5.56 Å². The molecule has 122 valence electrons. The molecule has 0 aliphatic heterocycles. The highest BCUT2D eigenvalue weighted by Gasteiger charge is 2.24. The smallest absolute Gasteiger partial charge is 0.263 e. The molecule has 0 spiro atoms. The summed E-state index contributed by atoms with van der Waals surface area (Å²) in [6.07, 6.45) is 0. The second-order valence-electron chi connectivity index (χ2n) is 6.55. The standard InChI is InChI=1S/C23H13NO2/c25-23-16-11-5-4-10-15(16)22-20-19(17-12-6-7-13-18(17)24(20)23)21(26-22)14-8-2-1-3-9-14/h1-13H. The van der Waals surface area contributed by atoms with Crippen molar-refractivity contribution in [3.63, 3.8) is 0 Å². The molecule has 0 amide bonds. The molecule has 0 aliphatic carbocycles. The summed E-state index contributed by atoms with van der Waals surface area (Å²) >= 11 is 0. The van der Waals surface area contributed by atoms with Gasteiger partial charge >= 0.3 is 0 Å². The molecule has 0 bridgehead atoms. The van der Waals surface area contributed by atoms with Crippen molar-refractivity contribution in [2.24, 2.45) is 0 Å². The lowest BCUT2D eigenvalue weighted by Gasteiger charge is -2.02. The molecule has 0 saturated carbocycles. The maximum Gasteiger partial charge on any atom is 0.263 e. The highest BCUT2D eigenvalue weighted by molar-refractivity contribution is 6.22. The van der Waals surface area contributed by atoms with Gasteiger partial charge in [-0.15, -0.1) is 0 Å². The van der Waals surface area contributed by atoms with Gasteiger partial charge in [0.05, 0.1) is 16.3 Å². The molecular formula is C23H13NO2. The zero-order valence-electron chi connectivity index (χ0n) is 13.8. The summed E-state index contributed by atoms with van der Waals surface area (Å²) in [7, 11) is 0. The Hall–Kier alpha value is -3.59. The van der Waals surface area contributed by atoms with Crippen LogP contribution in [0, 0.1) is 0 Å². The minimum absolute atomic E-state index is 0.000267. The number of nitrogens with zero attached hydrogens (tertiary/aromatic N) is 1. The summed E-state index contributed by atoms with van der Waals surface area (Å²) in [4.78, 5) is 13.2. The average molecular weight is 335 g/mol. The molecular weight excluding hydrogens is 322 g/mol. The van der Waals surface area contributed by atoms with Gasteiger partial charge in [-0.25, -0.2) is 0 Å². The minimum Gasteiger partial charge on any atom is -0.453 e. The summed E-state index contributed by atoms with van der Waals surface area (Å²) in [6, 6.07) is 25.8. The van der Waals surface area contributed by atoms with Gasteiger partial charge < -0.3 is 4.42 Å². The molecule has 3 aromatic carbocycles. The van der Waals surface area contributed by atoms with Crippen LogP contribution in [-0.2, 0) is 0 Å². The number of rotatable bonds is 1. The first-order chi connectivity index (χ1) is 12.8. The molecule has 6 rings (SSSR count). The molecule has 0 unspecified atom stereocenters. The molecule has 26 heavy (non-hydrogen) atoms. The van der Waals surface area contributed by atoms with E-state index >= 15 is 0 Å². The second kappa shape index (κ2) is 4.73. The summed E-state index contributed by atoms with van der Waals surface area (Å²) in [6.45, 7) is 0. The van der Waals surface area contributed by atoms with Gasteiger partial charge in [0.15, 0.2) is 5.58 Å². The summed E-state index contributed by atoms with van der Waals surface area (Å²) in [5.41, 5.74) is 3.57. The van der Waals surface area contributed by atoms with E-state index in [4.69, 9.17) is 4.42 Å². The number of aromatic nitrogens is 1. The highest BCUT2D eigenvalue weighted by Crippen LogP contribution is 2.42. The van der Waals surface area contributed by atoms with E-state index < -0.39 is 0 Å². The summed E-state index contributed by atoms with van der Waals surface area (Å²) in [5, 5.41) is 3.58. The summed E-state index contributed by atoms with van der Waals surface area (Å²) < 4.78 is 8.19. The number of furan rings is 1. The van der Waals surface area contributed by atoms with Crippen LogP contribution in [0.5, 0.6) is 0 Å². The predicted octanol–water partition coefficient (Wildman–Crippen LogP) is 5.46. The van der Waals surface area contributed by atoms with Gasteiger partial charge in [-0.2, -0.15) is 0 Å². The molecule has 0 fully saturated rings. The largest absolute Gasteiger partial charge is 0.453 e. The lowest BCUT2D eigenvalue weighted by molar-refractivity contribution is 0.637. The Morgan fingerprint density at radius 3 is 2.15 bits per heavy atom. The van der Waals surface area contributed by atoms with Crippen molar-refractivity contribution < 1.29 is 4.42 Å². The van der Waals surface area contributed by atoms with E-state index in [1.807, 2.05) is 72.8 Å². The Morgan fingerprint density at radius 1 is 0.692 bits per heavy atom. The van der Waals surface area contributed by atoms with Crippen molar-refractivity contribution in [3.05, 3.63) is 89.2 Å². The van der Waals surface area contributed by atoms with Crippen LogP contribution in [0.2, 0.25) is 0 Å².